The number of ether oxygens (including phenoxy) is 1. The van der Waals surface area contributed by atoms with Gasteiger partial charge >= 0.3 is 12.1 Å². The van der Waals surface area contributed by atoms with E-state index in [4.69, 9.17) is 16.2 Å². The molecule has 0 aliphatic heterocycles. The Bertz CT molecular complexity index is 1370. The number of nitro benzene ring substituents is 1. The molecule has 2 rings (SSSR count). The van der Waals surface area contributed by atoms with E-state index in [1.165, 1.54) is 55.5 Å². The number of carbonyl (C=O) groups is 4. The van der Waals surface area contributed by atoms with Crippen LogP contribution in [0.2, 0.25) is 0 Å². The Hall–Kier alpha value is -4.56. The first kappa shape index (κ1) is 36.6. The summed E-state index contributed by atoms with van der Waals surface area (Å²) in [6.07, 6.45) is -3.57. The molecule has 0 spiro atoms. The predicted octanol–water partition coefficient (Wildman–Crippen LogP) is 3.09. The van der Waals surface area contributed by atoms with Crippen LogP contribution in [0.25, 0.3) is 0 Å². The highest BCUT2D eigenvalue weighted by molar-refractivity contribution is 5.99. The number of nitrogens with one attached hydrogen (secondary N) is 1. The third-order valence-electron chi connectivity index (χ3n) is 7.37. The molecule has 2 aromatic carbocycles. The Balaban J connectivity index is 2.65. The quantitative estimate of drug-likeness (QED) is 0.123. The van der Waals surface area contributed by atoms with Crippen LogP contribution in [-0.2, 0) is 31.1 Å². The first-order valence-electron chi connectivity index (χ1n) is 14.5. The summed E-state index contributed by atoms with van der Waals surface area (Å²) in [6.45, 7) is 9.37. The lowest BCUT2D eigenvalue weighted by Gasteiger charge is -2.44. The van der Waals surface area contributed by atoms with E-state index in [0.717, 1.165) is 0 Å². The number of carboxylic acid groups (broad SMARTS) is 1. The number of rotatable bonds is 13. The molecule has 5 atom stereocenters. The van der Waals surface area contributed by atoms with Crippen molar-refractivity contribution in [3.05, 3.63) is 69.8 Å². The van der Waals surface area contributed by atoms with Crippen molar-refractivity contribution >= 4 is 35.3 Å². The van der Waals surface area contributed by atoms with E-state index in [9.17, 15) is 39.5 Å². The zero-order valence-corrected chi connectivity index (χ0v) is 26.4. The predicted molar refractivity (Wildman–Crippen MR) is 166 cm³/mol. The van der Waals surface area contributed by atoms with Crippen LogP contribution >= 0.6 is 0 Å². The summed E-state index contributed by atoms with van der Waals surface area (Å²) in [6, 6.07) is 8.96. The number of imide groups is 1. The molecule has 2 aromatic rings. The highest BCUT2D eigenvalue weighted by Crippen LogP contribution is 2.40. The number of nitrogens with two attached hydrogens (primary N) is 2. The Kier molecular flexibility index (Phi) is 12.2. The molecular formula is C31H43N5O9. The Morgan fingerprint density at radius 2 is 1.60 bits per heavy atom. The Morgan fingerprint density at radius 1 is 1.04 bits per heavy atom. The molecule has 0 saturated carbocycles. The van der Waals surface area contributed by atoms with E-state index in [1.54, 1.807) is 34.6 Å². The number of hydrogen-bond acceptors (Lipinski definition) is 10. The molecular weight excluding hydrogens is 586 g/mol. The van der Waals surface area contributed by atoms with Gasteiger partial charge in [-0.15, -0.1) is 0 Å². The molecule has 0 heterocycles. The SMILES string of the molecule is CC[C@H](C)[C@](C(=O)O)(c1ccc(N)cc1)N(C(=O)CC(O)[C@H](Cc1ccc([N+](=O)[O-])cc1)NC(=O)C(C)N)C(=O)OC(C)(C)C. The molecule has 14 nitrogen and oxygen atoms in total. The largest absolute Gasteiger partial charge is 0.479 e. The number of nitrogens with zero attached hydrogens (tertiary/aromatic N) is 2. The summed E-state index contributed by atoms with van der Waals surface area (Å²) in [5.74, 6) is -4.09. The third kappa shape index (κ3) is 8.99. The van der Waals surface area contributed by atoms with Crippen LogP contribution < -0.4 is 16.8 Å². The highest BCUT2D eigenvalue weighted by Gasteiger charge is 2.56. The number of nitro groups is 1. The lowest BCUT2D eigenvalue weighted by molar-refractivity contribution is -0.384. The molecule has 7 N–H and O–H groups in total. The summed E-state index contributed by atoms with van der Waals surface area (Å²) in [4.78, 5) is 64.8. The number of carbonyl (C=O) groups excluding carboxylic acids is 3. The van der Waals surface area contributed by atoms with E-state index in [0.29, 0.717) is 16.2 Å². The average Bonchev–Trinajstić information content (AvgIpc) is 2.94. The zero-order chi connectivity index (χ0) is 34.3. The number of aliphatic hydroxyl groups is 1. The van der Waals surface area contributed by atoms with Crippen molar-refractivity contribution < 1.29 is 39.1 Å². The van der Waals surface area contributed by atoms with Gasteiger partial charge in [-0.2, -0.15) is 0 Å². The monoisotopic (exact) mass is 629 g/mol. The van der Waals surface area contributed by atoms with Crippen LogP contribution in [-0.4, -0.2) is 67.7 Å². The summed E-state index contributed by atoms with van der Waals surface area (Å²) < 4.78 is 5.54. The van der Waals surface area contributed by atoms with Gasteiger partial charge in [-0.05, 0) is 63.3 Å². The summed E-state index contributed by atoms with van der Waals surface area (Å²) in [5, 5.41) is 35.8. The molecule has 246 valence electrons. The highest BCUT2D eigenvalue weighted by atomic mass is 16.6. The molecule has 45 heavy (non-hydrogen) atoms. The van der Waals surface area contributed by atoms with Gasteiger partial charge in [0.05, 0.1) is 29.5 Å². The number of hydrogen-bond donors (Lipinski definition) is 5. The number of non-ortho nitro benzene ring substituents is 1. The van der Waals surface area contributed by atoms with Crippen LogP contribution in [0.15, 0.2) is 48.5 Å². The van der Waals surface area contributed by atoms with E-state index in [-0.39, 0.29) is 24.1 Å². The second-order valence-electron chi connectivity index (χ2n) is 12.0. The molecule has 0 aliphatic rings. The van der Waals surface area contributed by atoms with E-state index in [2.05, 4.69) is 5.32 Å². The fraction of sp³-hybridized carbons (Fsp3) is 0.484. The van der Waals surface area contributed by atoms with E-state index >= 15 is 0 Å². The number of benzene rings is 2. The average molecular weight is 630 g/mol. The van der Waals surface area contributed by atoms with Crippen molar-refractivity contribution in [2.75, 3.05) is 5.73 Å². The maximum absolute atomic E-state index is 14.2. The standard InChI is InChI=1S/C31H43N5O9/c1-7-18(2)31(28(40)41,21-10-12-22(33)13-11-21)35(29(42)45-30(4,5)6)26(38)17-25(37)24(34-27(39)19(3)32)16-20-8-14-23(15-9-20)36(43)44/h8-15,18-19,24-25,37H,7,16-17,32-33H2,1-6H3,(H,34,39)(H,40,41)/t18-,19?,24-,25?,31+/m0/s1. The third-order valence-corrected chi connectivity index (χ3v) is 7.37. The molecule has 0 fully saturated rings. The van der Waals surface area contributed by atoms with Crippen LogP contribution in [0, 0.1) is 16.0 Å². The number of amides is 3. The van der Waals surface area contributed by atoms with E-state index in [1.807, 2.05) is 0 Å². The van der Waals surface area contributed by atoms with Crippen molar-refractivity contribution in [1.29, 1.82) is 0 Å². The molecule has 2 unspecified atom stereocenters. The first-order chi connectivity index (χ1) is 20.8. The number of carboxylic acids is 1. The van der Waals surface area contributed by atoms with Crippen molar-refractivity contribution in [3.8, 4) is 0 Å². The van der Waals surface area contributed by atoms with E-state index < -0.39 is 70.5 Å². The molecule has 0 aliphatic carbocycles. The maximum Gasteiger partial charge on any atom is 0.418 e. The second-order valence-corrected chi connectivity index (χ2v) is 12.0. The summed E-state index contributed by atoms with van der Waals surface area (Å²) in [5.41, 5.74) is 8.88. The normalized spacial score (nSPS) is 15.5. The van der Waals surface area contributed by atoms with Crippen LogP contribution in [0.5, 0.6) is 0 Å². The second kappa shape index (κ2) is 14.9. The lowest BCUT2D eigenvalue weighted by atomic mass is 9.75. The van der Waals surface area contributed by atoms with Gasteiger partial charge in [0.25, 0.3) is 5.69 Å². The van der Waals surface area contributed by atoms with Crippen molar-refractivity contribution in [2.24, 2.45) is 11.7 Å². The van der Waals surface area contributed by atoms with Gasteiger partial charge in [0.1, 0.15) is 5.60 Å². The molecule has 0 aromatic heterocycles. The van der Waals surface area contributed by atoms with Crippen LogP contribution in [0.4, 0.5) is 16.2 Å². The van der Waals surface area contributed by atoms with Gasteiger partial charge < -0.3 is 31.7 Å². The molecule has 0 bridgehead atoms. The minimum absolute atomic E-state index is 0.0786. The molecule has 3 amide bonds. The molecule has 0 saturated heterocycles. The molecule has 0 radical (unpaired) electrons. The lowest BCUT2D eigenvalue weighted by Crippen LogP contribution is -2.62. The van der Waals surface area contributed by atoms with Crippen LogP contribution in [0.1, 0.15) is 65.5 Å². The zero-order valence-electron chi connectivity index (χ0n) is 26.4. The minimum Gasteiger partial charge on any atom is -0.479 e. The first-order valence-corrected chi connectivity index (χ1v) is 14.5. The minimum atomic E-state index is -2.27. The summed E-state index contributed by atoms with van der Waals surface area (Å²) in [7, 11) is 0. The Morgan fingerprint density at radius 3 is 2.04 bits per heavy atom. The van der Waals surface area contributed by atoms with Crippen molar-refractivity contribution in [1.82, 2.24) is 10.2 Å². The van der Waals surface area contributed by atoms with Gasteiger partial charge in [-0.1, -0.05) is 44.5 Å². The van der Waals surface area contributed by atoms with Gasteiger partial charge in [0.15, 0.2) is 5.54 Å². The maximum atomic E-state index is 14.2. The number of nitrogen functional groups attached to an aromatic ring is 1. The summed E-state index contributed by atoms with van der Waals surface area (Å²) >= 11 is 0. The number of aliphatic hydroxyl groups excluding tert-OH is 1. The van der Waals surface area contributed by atoms with Gasteiger partial charge in [0.2, 0.25) is 11.8 Å². The fourth-order valence-corrected chi connectivity index (χ4v) is 4.86. The smallest absolute Gasteiger partial charge is 0.418 e. The topological polar surface area (TPSA) is 228 Å². The number of anilines is 1. The van der Waals surface area contributed by atoms with Crippen molar-refractivity contribution in [2.45, 2.75) is 90.1 Å². The van der Waals surface area contributed by atoms with Crippen LogP contribution in [0.3, 0.4) is 0 Å². The molecule has 14 heteroatoms. The fourth-order valence-electron chi connectivity index (χ4n) is 4.86. The van der Waals surface area contributed by atoms with Gasteiger partial charge in [0, 0.05) is 17.8 Å². The number of aliphatic carboxylic acids is 1. The Labute approximate surface area is 261 Å². The van der Waals surface area contributed by atoms with Gasteiger partial charge in [-0.25, -0.2) is 14.5 Å². The van der Waals surface area contributed by atoms with Gasteiger partial charge in [-0.3, -0.25) is 19.7 Å². The van der Waals surface area contributed by atoms with Crippen molar-refractivity contribution in [3.63, 3.8) is 0 Å².